The summed E-state index contributed by atoms with van der Waals surface area (Å²) in [5.41, 5.74) is 9.06. The van der Waals surface area contributed by atoms with Crippen LogP contribution in [0.1, 0.15) is 12.5 Å². The topological polar surface area (TPSA) is 108 Å². The van der Waals surface area contributed by atoms with E-state index in [9.17, 15) is 10.4 Å². The van der Waals surface area contributed by atoms with Crippen LogP contribution in [-0.4, -0.2) is 21.7 Å². The molecule has 120 valence electrons. The van der Waals surface area contributed by atoms with E-state index >= 15 is 0 Å². The van der Waals surface area contributed by atoms with Crippen LogP contribution in [-0.2, 0) is 0 Å². The van der Waals surface area contributed by atoms with E-state index in [0.29, 0.717) is 29.2 Å². The number of nitrogens with two attached hydrogens (primary N) is 1. The standard InChI is InChI=1S/C18H16N4O2/c1-2-24-17-8-11(5-6-16(17)23)12-9-15(14-4-3-7-21-14)22-18(20)13(12)10-19/h3-9,21,23H,2H2,1H3,(H2,20,22). The number of hydrogen-bond donors (Lipinski definition) is 3. The summed E-state index contributed by atoms with van der Waals surface area (Å²) >= 11 is 0. The largest absolute Gasteiger partial charge is 0.504 e. The van der Waals surface area contributed by atoms with Gasteiger partial charge in [0.2, 0.25) is 0 Å². The van der Waals surface area contributed by atoms with Gasteiger partial charge in [0, 0.05) is 11.8 Å². The first kappa shape index (κ1) is 15.4. The van der Waals surface area contributed by atoms with Gasteiger partial charge in [-0.3, -0.25) is 0 Å². The van der Waals surface area contributed by atoms with Crippen LogP contribution in [0.4, 0.5) is 5.82 Å². The zero-order chi connectivity index (χ0) is 17.1. The fourth-order valence-corrected chi connectivity index (χ4v) is 2.49. The molecule has 0 aliphatic heterocycles. The van der Waals surface area contributed by atoms with Crippen LogP contribution in [0.25, 0.3) is 22.5 Å². The van der Waals surface area contributed by atoms with Gasteiger partial charge in [0.25, 0.3) is 0 Å². The smallest absolute Gasteiger partial charge is 0.161 e. The Bertz CT molecular complexity index is 912. The number of pyridine rings is 1. The van der Waals surface area contributed by atoms with Crippen LogP contribution in [0.15, 0.2) is 42.6 Å². The van der Waals surface area contributed by atoms with Crippen LogP contribution < -0.4 is 10.5 Å². The van der Waals surface area contributed by atoms with Gasteiger partial charge in [-0.2, -0.15) is 5.26 Å². The van der Waals surface area contributed by atoms with Crippen molar-refractivity contribution in [2.45, 2.75) is 6.92 Å². The first-order valence-corrected chi connectivity index (χ1v) is 7.44. The average Bonchev–Trinajstić information content (AvgIpc) is 3.11. The normalized spacial score (nSPS) is 10.3. The zero-order valence-electron chi connectivity index (χ0n) is 13.1. The molecule has 0 spiro atoms. The van der Waals surface area contributed by atoms with Crippen molar-refractivity contribution in [1.82, 2.24) is 9.97 Å². The Hall–Kier alpha value is -3.46. The molecule has 0 unspecified atom stereocenters. The van der Waals surface area contributed by atoms with Gasteiger partial charge < -0.3 is 20.6 Å². The number of hydrogen-bond acceptors (Lipinski definition) is 5. The van der Waals surface area contributed by atoms with Crippen LogP contribution >= 0.6 is 0 Å². The number of nitrogen functional groups attached to an aromatic ring is 1. The van der Waals surface area contributed by atoms with Crippen LogP contribution in [0.2, 0.25) is 0 Å². The number of aromatic amines is 1. The monoisotopic (exact) mass is 320 g/mol. The number of H-pyrrole nitrogens is 1. The quantitative estimate of drug-likeness (QED) is 0.683. The molecule has 2 heterocycles. The van der Waals surface area contributed by atoms with Gasteiger partial charge in [0.15, 0.2) is 11.5 Å². The fraction of sp³-hybridized carbons (Fsp3) is 0.111. The number of nitrogens with one attached hydrogen (secondary N) is 1. The zero-order valence-corrected chi connectivity index (χ0v) is 13.1. The highest BCUT2D eigenvalue weighted by Gasteiger charge is 2.15. The van der Waals surface area contributed by atoms with Crippen molar-refractivity contribution >= 4 is 5.82 Å². The third kappa shape index (κ3) is 2.75. The van der Waals surface area contributed by atoms with Crippen molar-refractivity contribution < 1.29 is 9.84 Å². The Labute approximate surface area is 139 Å². The number of phenolic OH excluding ortho intramolecular Hbond substituents is 1. The van der Waals surface area contributed by atoms with E-state index in [1.165, 1.54) is 6.07 Å². The maximum absolute atomic E-state index is 9.87. The first-order valence-electron chi connectivity index (χ1n) is 7.44. The highest BCUT2D eigenvalue weighted by atomic mass is 16.5. The number of ether oxygens (including phenoxy) is 1. The molecule has 2 aromatic heterocycles. The SMILES string of the molecule is CCOc1cc(-c2cc(-c3ccc[nH]3)nc(N)c2C#N)ccc1O. The molecule has 6 heteroatoms. The maximum Gasteiger partial charge on any atom is 0.161 e. The molecule has 0 saturated heterocycles. The van der Waals surface area contributed by atoms with Crippen molar-refractivity contribution in [2.24, 2.45) is 0 Å². The molecule has 1 aromatic carbocycles. The van der Waals surface area contributed by atoms with E-state index in [-0.39, 0.29) is 11.6 Å². The van der Waals surface area contributed by atoms with Gasteiger partial charge in [-0.25, -0.2) is 4.98 Å². The lowest BCUT2D eigenvalue weighted by Gasteiger charge is -2.12. The molecule has 0 fully saturated rings. The third-order valence-electron chi connectivity index (χ3n) is 3.60. The molecule has 0 aliphatic rings. The van der Waals surface area contributed by atoms with Gasteiger partial charge in [-0.05, 0) is 42.8 Å². The van der Waals surface area contributed by atoms with Crippen molar-refractivity contribution in [1.29, 1.82) is 5.26 Å². The van der Waals surface area contributed by atoms with Crippen molar-refractivity contribution in [3.8, 4) is 40.1 Å². The Morgan fingerprint density at radius 2 is 2.17 bits per heavy atom. The summed E-state index contributed by atoms with van der Waals surface area (Å²) in [5, 5.41) is 19.3. The van der Waals surface area contributed by atoms with E-state index < -0.39 is 0 Å². The number of nitriles is 1. The highest BCUT2D eigenvalue weighted by Crippen LogP contribution is 2.35. The summed E-state index contributed by atoms with van der Waals surface area (Å²) in [6.45, 7) is 2.26. The fourth-order valence-electron chi connectivity index (χ4n) is 2.49. The van der Waals surface area contributed by atoms with E-state index in [4.69, 9.17) is 10.5 Å². The third-order valence-corrected chi connectivity index (χ3v) is 3.60. The number of phenols is 1. The summed E-state index contributed by atoms with van der Waals surface area (Å²) < 4.78 is 5.42. The molecule has 0 radical (unpaired) electrons. The minimum absolute atomic E-state index is 0.0470. The van der Waals surface area contributed by atoms with Crippen molar-refractivity contribution in [3.05, 3.63) is 48.2 Å². The summed E-state index contributed by atoms with van der Waals surface area (Å²) in [6, 6.07) is 12.6. The summed E-state index contributed by atoms with van der Waals surface area (Å²) in [7, 11) is 0. The first-order chi connectivity index (χ1) is 11.6. The lowest BCUT2D eigenvalue weighted by Crippen LogP contribution is -2.00. The lowest BCUT2D eigenvalue weighted by atomic mass is 9.99. The predicted octanol–water partition coefficient (Wildman–Crippen LogP) is 3.30. The Balaban J connectivity index is 2.19. The van der Waals surface area contributed by atoms with Gasteiger partial charge in [-0.15, -0.1) is 0 Å². The molecule has 0 bridgehead atoms. The second-order valence-corrected chi connectivity index (χ2v) is 5.13. The number of rotatable bonds is 4. The van der Waals surface area contributed by atoms with Gasteiger partial charge >= 0.3 is 0 Å². The molecule has 24 heavy (non-hydrogen) atoms. The number of anilines is 1. The number of aromatic hydroxyl groups is 1. The number of aromatic nitrogens is 2. The van der Waals surface area contributed by atoms with E-state index in [1.54, 1.807) is 24.4 Å². The number of nitrogens with zero attached hydrogens (tertiary/aromatic N) is 2. The van der Waals surface area contributed by atoms with E-state index in [1.807, 2.05) is 19.1 Å². The van der Waals surface area contributed by atoms with Gasteiger partial charge in [0.1, 0.15) is 17.5 Å². The van der Waals surface area contributed by atoms with Crippen LogP contribution in [0.5, 0.6) is 11.5 Å². The summed E-state index contributed by atoms with van der Waals surface area (Å²) in [5.74, 6) is 0.562. The van der Waals surface area contributed by atoms with Crippen molar-refractivity contribution in [2.75, 3.05) is 12.3 Å². The molecule has 3 aromatic rings. The molecule has 0 aliphatic carbocycles. The Kier molecular flexibility index (Phi) is 4.08. The average molecular weight is 320 g/mol. The Morgan fingerprint density at radius 1 is 1.33 bits per heavy atom. The molecular weight excluding hydrogens is 304 g/mol. The minimum atomic E-state index is 0.0470. The van der Waals surface area contributed by atoms with Crippen LogP contribution in [0.3, 0.4) is 0 Å². The predicted molar refractivity (Wildman–Crippen MR) is 91.4 cm³/mol. The molecule has 3 rings (SSSR count). The highest BCUT2D eigenvalue weighted by molar-refractivity contribution is 5.80. The maximum atomic E-state index is 9.87. The van der Waals surface area contributed by atoms with E-state index in [0.717, 1.165) is 11.3 Å². The molecule has 0 atom stereocenters. The second kappa shape index (κ2) is 6.34. The van der Waals surface area contributed by atoms with Gasteiger partial charge in [-0.1, -0.05) is 6.07 Å². The molecular formula is C18H16N4O2. The molecule has 0 saturated carbocycles. The molecule has 0 amide bonds. The Morgan fingerprint density at radius 3 is 2.83 bits per heavy atom. The molecule has 6 nitrogen and oxygen atoms in total. The summed E-state index contributed by atoms with van der Waals surface area (Å²) in [4.78, 5) is 7.36. The summed E-state index contributed by atoms with van der Waals surface area (Å²) in [6.07, 6.45) is 1.79. The molecule has 4 N–H and O–H groups in total. The van der Waals surface area contributed by atoms with E-state index in [2.05, 4.69) is 16.0 Å². The van der Waals surface area contributed by atoms with Crippen molar-refractivity contribution in [3.63, 3.8) is 0 Å². The lowest BCUT2D eigenvalue weighted by molar-refractivity contribution is 0.318. The second-order valence-electron chi connectivity index (χ2n) is 5.13. The van der Waals surface area contributed by atoms with Crippen LogP contribution in [0, 0.1) is 11.3 Å². The number of benzene rings is 1. The minimum Gasteiger partial charge on any atom is -0.504 e. The van der Waals surface area contributed by atoms with Gasteiger partial charge in [0.05, 0.1) is 18.0 Å².